The van der Waals surface area contributed by atoms with E-state index in [9.17, 15) is 9.59 Å². The van der Waals surface area contributed by atoms with Crippen molar-refractivity contribution < 1.29 is 9.59 Å². The molecule has 0 spiro atoms. The minimum atomic E-state index is -0.455. The van der Waals surface area contributed by atoms with Gasteiger partial charge in [0.05, 0.1) is 12.1 Å². The molecule has 2 amide bonds. The van der Waals surface area contributed by atoms with Gasteiger partial charge in [0.2, 0.25) is 11.8 Å². The monoisotopic (exact) mass is 347 g/mol. The summed E-state index contributed by atoms with van der Waals surface area (Å²) in [6, 6.07) is 3.00. The van der Waals surface area contributed by atoms with Crippen LogP contribution in [-0.4, -0.2) is 49.0 Å². The van der Waals surface area contributed by atoms with Gasteiger partial charge in [0.25, 0.3) is 0 Å². The fraction of sp³-hybridized carbons (Fsp3) is 0.500. The second-order valence-electron chi connectivity index (χ2n) is 7.04. The number of fused-ring (bicyclic) bond motifs is 1. The Morgan fingerprint density at radius 3 is 2.88 bits per heavy atom. The van der Waals surface area contributed by atoms with Crippen molar-refractivity contribution in [2.45, 2.75) is 33.2 Å². The van der Waals surface area contributed by atoms with Crippen LogP contribution in [0.1, 0.15) is 27.2 Å². The third-order valence-corrected chi connectivity index (χ3v) is 4.74. The minimum Gasteiger partial charge on any atom is -0.321 e. The van der Waals surface area contributed by atoms with E-state index in [2.05, 4.69) is 15.4 Å². The predicted octanol–water partition coefficient (Wildman–Crippen LogP) is 2.01. The Balaban J connectivity index is 1.74. The molecule has 1 aliphatic heterocycles. The molecule has 8 heteroatoms. The highest BCUT2D eigenvalue weighted by Gasteiger charge is 2.36. The summed E-state index contributed by atoms with van der Waals surface area (Å²) in [4.78, 5) is 31.0. The Hall–Kier alpha value is -2.09. The first-order valence-corrected chi connectivity index (χ1v) is 8.97. The molecule has 0 bridgehead atoms. The molecule has 1 saturated heterocycles. The minimum absolute atomic E-state index is 0.0200. The van der Waals surface area contributed by atoms with E-state index in [0.29, 0.717) is 29.5 Å². The molecule has 128 valence electrons. The summed E-state index contributed by atoms with van der Waals surface area (Å²) in [5.74, 6) is 1.54. The first-order chi connectivity index (χ1) is 11.3. The molecule has 3 rings (SSSR count). The average molecular weight is 347 g/mol. The number of carbonyl (C=O) groups is 2. The lowest BCUT2D eigenvalue weighted by Crippen LogP contribution is -2.45. The maximum atomic E-state index is 12.7. The van der Waals surface area contributed by atoms with Crippen molar-refractivity contribution in [3.05, 3.63) is 24.5 Å². The quantitative estimate of drug-likeness (QED) is 0.919. The molecule has 2 aromatic rings. The smallest absolute Gasteiger partial charge is 0.249 e. The number of nitrogens with one attached hydrogen (secondary N) is 1. The molecule has 0 unspecified atom stereocenters. The fourth-order valence-electron chi connectivity index (χ4n) is 2.60. The summed E-state index contributed by atoms with van der Waals surface area (Å²) in [6.07, 6.45) is 3.68. The van der Waals surface area contributed by atoms with Gasteiger partial charge in [0.15, 0.2) is 5.65 Å². The van der Waals surface area contributed by atoms with Gasteiger partial charge in [-0.2, -0.15) is 9.61 Å². The summed E-state index contributed by atoms with van der Waals surface area (Å²) >= 11 is 1.60. The molecular formula is C16H21N5O2S. The topological polar surface area (TPSA) is 79.6 Å². The molecule has 0 aliphatic carbocycles. The molecule has 1 fully saturated rings. The van der Waals surface area contributed by atoms with E-state index in [1.807, 2.05) is 20.8 Å². The van der Waals surface area contributed by atoms with Crippen LogP contribution >= 0.6 is 11.8 Å². The molecule has 1 N–H and O–H groups in total. The van der Waals surface area contributed by atoms with Crippen molar-refractivity contribution in [2.24, 2.45) is 5.41 Å². The van der Waals surface area contributed by atoms with Gasteiger partial charge in [-0.05, 0) is 11.5 Å². The number of nitrogens with zero attached hydrogens (tertiary/aromatic N) is 4. The first-order valence-electron chi connectivity index (χ1n) is 7.82. The zero-order chi connectivity index (χ0) is 17.3. The Bertz CT molecular complexity index is 767. The Labute approximate surface area is 144 Å². The Morgan fingerprint density at radius 1 is 1.33 bits per heavy atom. The lowest BCUT2D eigenvalue weighted by atomic mass is 9.91. The van der Waals surface area contributed by atoms with Crippen molar-refractivity contribution >= 4 is 35.0 Å². The normalized spacial score (nSPS) is 18.1. The van der Waals surface area contributed by atoms with E-state index < -0.39 is 6.04 Å². The maximum Gasteiger partial charge on any atom is 0.249 e. The van der Waals surface area contributed by atoms with Crippen LogP contribution in [0, 0.1) is 5.41 Å². The molecule has 3 heterocycles. The summed E-state index contributed by atoms with van der Waals surface area (Å²) in [5, 5.41) is 7.03. The van der Waals surface area contributed by atoms with Crippen LogP contribution in [0.2, 0.25) is 0 Å². The molecule has 2 aromatic heterocycles. The van der Waals surface area contributed by atoms with E-state index >= 15 is 0 Å². The third kappa shape index (κ3) is 3.53. The van der Waals surface area contributed by atoms with Gasteiger partial charge in [-0.15, -0.1) is 11.8 Å². The van der Waals surface area contributed by atoms with Gasteiger partial charge in [0.1, 0.15) is 11.9 Å². The van der Waals surface area contributed by atoms with Crippen LogP contribution < -0.4 is 5.32 Å². The maximum absolute atomic E-state index is 12.7. The number of hydrogen-bond donors (Lipinski definition) is 1. The van der Waals surface area contributed by atoms with Crippen molar-refractivity contribution in [2.75, 3.05) is 16.9 Å². The predicted molar refractivity (Wildman–Crippen MR) is 93.6 cm³/mol. The zero-order valence-electron chi connectivity index (χ0n) is 14.0. The highest BCUT2D eigenvalue weighted by atomic mass is 32.2. The highest BCUT2D eigenvalue weighted by molar-refractivity contribution is 7.99. The molecule has 1 aliphatic rings. The van der Waals surface area contributed by atoms with Crippen LogP contribution in [0.15, 0.2) is 24.5 Å². The largest absolute Gasteiger partial charge is 0.321 e. The van der Waals surface area contributed by atoms with Gasteiger partial charge in [-0.25, -0.2) is 4.98 Å². The first kappa shape index (κ1) is 16.8. The number of hydrogen-bond acceptors (Lipinski definition) is 5. The van der Waals surface area contributed by atoms with Crippen LogP contribution in [-0.2, 0) is 9.59 Å². The second kappa shape index (κ2) is 6.43. The van der Waals surface area contributed by atoms with Crippen molar-refractivity contribution in [1.82, 2.24) is 19.5 Å². The number of aromatic nitrogens is 3. The Morgan fingerprint density at radius 2 is 2.12 bits per heavy atom. The zero-order valence-corrected chi connectivity index (χ0v) is 14.8. The summed E-state index contributed by atoms with van der Waals surface area (Å²) in [6.45, 7) is 6.07. The van der Waals surface area contributed by atoms with Gasteiger partial charge >= 0.3 is 0 Å². The van der Waals surface area contributed by atoms with Gasteiger partial charge in [-0.1, -0.05) is 20.8 Å². The van der Waals surface area contributed by atoms with E-state index in [0.717, 1.165) is 0 Å². The standard InChI is InChI=1S/C16H21N5O2S/c1-16(2,3)8-14(22)20-10-24-9-11(20)15(23)19-13-4-6-17-12-5-7-18-21(12)13/h4-7,11H,8-10H2,1-3H3,(H,19,23)/t11-/m1/s1. The van der Waals surface area contributed by atoms with Crippen LogP contribution in [0.5, 0.6) is 0 Å². The third-order valence-electron chi connectivity index (χ3n) is 3.73. The van der Waals surface area contributed by atoms with Crippen molar-refractivity contribution in [3.8, 4) is 0 Å². The highest BCUT2D eigenvalue weighted by Crippen LogP contribution is 2.27. The number of thioether (sulfide) groups is 1. The summed E-state index contributed by atoms with van der Waals surface area (Å²) in [5.41, 5.74) is 0.562. The molecule has 0 radical (unpaired) electrons. The SMILES string of the molecule is CC(C)(C)CC(=O)N1CSC[C@@H]1C(=O)Nc1ccnc2ccnn12. The number of carbonyl (C=O) groups excluding carboxylic acids is 2. The van der Waals surface area contributed by atoms with Crippen LogP contribution in [0.25, 0.3) is 5.65 Å². The van der Waals surface area contributed by atoms with E-state index in [1.54, 1.807) is 45.7 Å². The van der Waals surface area contributed by atoms with Gasteiger partial charge < -0.3 is 10.2 Å². The second-order valence-corrected chi connectivity index (χ2v) is 8.04. The molecule has 0 saturated carbocycles. The summed E-state index contributed by atoms with van der Waals surface area (Å²) < 4.78 is 1.57. The molecule has 7 nitrogen and oxygen atoms in total. The van der Waals surface area contributed by atoms with Crippen LogP contribution in [0.3, 0.4) is 0 Å². The summed E-state index contributed by atoms with van der Waals surface area (Å²) in [7, 11) is 0. The number of rotatable bonds is 3. The molecular weight excluding hydrogens is 326 g/mol. The lowest BCUT2D eigenvalue weighted by molar-refractivity contribution is -0.137. The Kier molecular flexibility index (Phi) is 4.49. The van der Waals surface area contributed by atoms with Crippen LogP contribution in [0.4, 0.5) is 5.82 Å². The molecule has 0 aromatic carbocycles. The van der Waals surface area contributed by atoms with E-state index in [4.69, 9.17) is 0 Å². The van der Waals surface area contributed by atoms with Crippen molar-refractivity contribution in [1.29, 1.82) is 0 Å². The van der Waals surface area contributed by atoms with E-state index in [-0.39, 0.29) is 17.2 Å². The molecule has 1 atom stereocenters. The van der Waals surface area contributed by atoms with E-state index in [1.165, 1.54) is 0 Å². The molecule has 24 heavy (non-hydrogen) atoms. The average Bonchev–Trinajstić information content (AvgIpc) is 3.15. The van der Waals surface area contributed by atoms with Gasteiger partial charge in [-0.3, -0.25) is 9.59 Å². The number of anilines is 1. The fourth-order valence-corrected chi connectivity index (χ4v) is 3.78. The van der Waals surface area contributed by atoms with Gasteiger partial charge in [0, 0.05) is 24.4 Å². The lowest BCUT2D eigenvalue weighted by Gasteiger charge is -2.26. The number of amides is 2. The van der Waals surface area contributed by atoms with Crippen molar-refractivity contribution in [3.63, 3.8) is 0 Å².